The first-order valence-corrected chi connectivity index (χ1v) is 11.5. The largest absolute Gasteiger partial charge is 0.318 e. The van der Waals surface area contributed by atoms with Crippen molar-refractivity contribution >= 4 is 52.5 Å². The molecule has 0 saturated carbocycles. The SMILES string of the molecule is Cc1cc(/C=C2\C(=O)NC(=S)N(c3ccc(F)c(Cl)c3)C2=O)c(C)n1-c1ccc(C(C)C)cc1. The third kappa shape index (κ3) is 4.29. The van der Waals surface area contributed by atoms with Gasteiger partial charge in [-0.15, -0.1) is 0 Å². The molecule has 1 aliphatic heterocycles. The van der Waals surface area contributed by atoms with Gasteiger partial charge in [0.15, 0.2) is 5.11 Å². The lowest BCUT2D eigenvalue weighted by molar-refractivity contribution is -0.122. The van der Waals surface area contributed by atoms with E-state index >= 15 is 0 Å². The standard InChI is InChI=1S/C26H23ClFN3O2S/c1-14(2)17-5-7-19(8-6-17)30-15(3)11-18(16(30)4)12-21-24(32)29-26(34)31(25(21)33)20-9-10-23(28)22(27)13-20/h5-14H,1-4H3,(H,29,32,34)/b21-12+. The summed E-state index contributed by atoms with van der Waals surface area (Å²) in [6.07, 6.45) is 1.55. The monoisotopic (exact) mass is 495 g/mol. The van der Waals surface area contributed by atoms with Crippen LogP contribution in [0.5, 0.6) is 0 Å². The molecule has 0 spiro atoms. The minimum Gasteiger partial charge on any atom is -0.318 e. The Bertz CT molecular complexity index is 1360. The Morgan fingerprint density at radius 2 is 1.68 bits per heavy atom. The second-order valence-electron chi connectivity index (χ2n) is 8.46. The summed E-state index contributed by atoms with van der Waals surface area (Å²) in [7, 11) is 0. The molecule has 1 saturated heterocycles. The van der Waals surface area contributed by atoms with Gasteiger partial charge in [0, 0.05) is 17.1 Å². The van der Waals surface area contributed by atoms with Crippen molar-refractivity contribution in [3.05, 3.63) is 87.5 Å². The first-order valence-electron chi connectivity index (χ1n) is 10.7. The quantitative estimate of drug-likeness (QED) is 0.281. The van der Waals surface area contributed by atoms with Gasteiger partial charge >= 0.3 is 0 Å². The average molecular weight is 496 g/mol. The van der Waals surface area contributed by atoms with Gasteiger partial charge in [0.2, 0.25) is 0 Å². The Balaban J connectivity index is 1.73. The van der Waals surface area contributed by atoms with E-state index in [1.165, 1.54) is 17.7 Å². The zero-order valence-corrected chi connectivity index (χ0v) is 20.7. The molecule has 0 atom stereocenters. The number of hydrogen-bond donors (Lipinski definition) is 1. The number of carbonyl (C=O) groups excluding carboxylic acids is 2. The van der Waals surface area contributed by atoms with Crippen molar-refractivity contribution in [1.82, 2.24) is 9.88 Å². The third-order valence-electron chi connectivity index (χ3n) is 5.85. The Hall–Kier alpha value is -3.29. The van der Waals surface area contributed by atoms with Crippen LogP contribution in [0, 0.1) is 19.7 Å². The number of benzene rings is 2. The number of nitrogens with zero attached hydrogens (tertiary/aromatic N) is 2. The van der Waals surface area contributed by atoms with Crippen LogP contribution in [-0.4, -0.2) is 21.5 Å². The molecule has 0 bridgehead atoms. The molecule has 5 nitrogen and oxygen atoms in total. The first kappa shape index (κ1) is 23.9. The van der Waals surface area contributed by atoms with Crippen LogP contribution in [0.2, 0.25) is 5.02 Å². The number of hydrogen-bond acceptors (Lipinski definition) is 3. The minimum atomic E-state index is -0.616. The lowest BCUT2D eigenvalue weighted by Gasteiger charge is -2.29. The highest BCUT2D eigenvalue weighted by Gasteiger charge is 2.35. The molecule has 1 aliphatic rings. The number of aromatic nitrogens is 1. The summed E-state index contributed by atoms with van der Waals surface area (Å²) >= 11 is 11.1. The van der Waals surface area contributed by atoms with Crippen molar-refractivity contribution in [2.75, 3.05) is 4.90 Å². The summed E-state index contributed by atoms with van der Waals surface area (Å²) in [6.45, 7) is 8.19. The van der Waals surface area contributed by atoms with Crippen LogP contribution in [0.3, 0.4) is 0 Å². The van der Waals surface area contributed by atoms with E-state index in [1.807, 2.05) is 19.9 Å². The summed E-state index contributed by atoms with van der Waals surface area (Å²) in [5.74, 6) is -1.38. The van der Waals surface area contributed by atoms with Crippen molar-refractivity contribution in [2.45, 2.75) is 33.6 Å². The molecule has 2 heterocycles. The predicted molar refractivity (Wildman–Crippen MR) is 137 cm³/mol. The van der Waals surface area contributed by atoms with E-state index in [4.69, 9.17) is 23.8 Å². The molecule has 2 amide bonds. The summed E-state index contributed by atoms with van der Waals surface area (Å²) in [5.41, 5.74) is 5.00. The van der Waals surface area contributed by atoms with Crippen LogP contribution in [0.15, 0.2) is 54.1 Å². The lowest BCUT2D eigenvalue weighted by Crippen LogP contribution is -2.54. The van der Waals surface area contributed by atoms with Gasteiger partial charge in [0.05, 0.1) is 10.7 Å². The molecular formula is C26H23ClFN3O2S. The van der Waals surface area contributed by atoms with E-state index in [9.17, 15) is 14.0 Å². The summed E-state index contributed by atoms with van der Waals surface area (Å²) in [6, 6.07) is 14.1. The molecule has 2 aromatic carbocycles. The maximum absolute atomic E-state index is 13.6. The Morgan fingerprint density at radius 1 is 1.03 bits per heavy atom. The number of amides is 2. The van der Waals surface area contributed by atoms with Crippen LogP contribution >= 0.6 is 23.8 Å². The van der Waals surface area contributed by atoms with E-state index < -0.39 is 17.6 Å². The number of rotatable bonds is 4. The van der Waals surface area contributed by atoms with Gasteiger partial charge in [0.25, 0.3) is 11.8 Å². The number of anilines is 1. The normalized spacial score (nSPS) is 15.4. The van der Waals surface area contributed by atoms with Crippen molar-refractivity contribution in [3.63, 3.8) is 0 Å². The fraction of sp³-hybridized carbons (Fsp3) is 0.192. The number of thiocarbonyl (C=S) groups is 1. The Kier molecular flexibility index (Phi) is 6.43. The molecule has 34 heavy (non-hydrogen) atoms. The Morgan fingerprint density at radius 3 is 2.29 bits per heavy atom. The van der Waals surface area contributed by atoms with E-state index in [1.54, 1.807) is 6.08 Å². The van der Waals surface area contributed by atoms with Gasteiger partial charge in [-0.1, -0.05) is 37.6 Å². The molecule has 1 aromatic heterocycles. The molecule has 174 valence electrons. The molecule has 0 radical (unpaired) electrons. The van der Waals surface area contributed by atoms with E-state index in [0.717, 1.165) is 33.6 Å². The van der Waals surface area contributed by atoms with Crippen molar-refractivity contribution in [1.29, 1.82) is 0 Å². The fourth-order valence-electron chi connectivity index (χ4n) is 4.01. The minimum absolute atomic E-state index is 0.0792. The van der Waals surface area contributed by atoms with Crippen molar-refractivity contribution in [2.24, 2.45) is 0 Å². The molecule has 1 N–H and O–H groups in total. The number of nitrogens with one attached hydrogen (secondary N) is 1. The van der Waals surface area contributed by atoms with Crippen molar-refractivity contribution < 1.29 is 14.0 Å². The maximum Gasteiger partial charge on any atom is 0.270 e. The molecule has 0 unspecified atom stereocenters. The van der Waals surface area contributed by atoms with Crippen molar-refractivity contribution in [3.8, 4) is 5.69 Å². The maximum atomic E-state index is 13.6. The molecule has 0 aliphatic carbocycles. The smallest absolute Gasteiger partial charge is 0.270 e. The topological polar surface area (TPSA) is 54.3 Å². The highest BCUT2D eigenvalue weighted by atomic mass is 35.5. The van der Waals surface area contributed by atoms with E-state index in [2.05, 4.69) is 48.0 Å². The highest BCUT2D eigenvalue weighted by Crippen LogP contribution is 2.28. The van der Waals surface area contributed by atoms with E-state index in [-0.39, 0.29) is 21.4 Å². The molecular weight excluding hydrogens is 473 g/mol. The second-order valence-corrected chi connectivity index (χ2v) is 9.26. The Labute approximate surface area is 207 Å². The van der Waals surface area contributed by atoms with Gasteiger partial charge in [-0.25, -0.2) is 4.39 Å². The predicted octanol–water partition coefficient (Wildman–Crippen LogP) is 5.84. The second kappa shape index (κ2) is 9.16. The molecule has 3 aromatic rings. The van der Waals surface area contributed by atoms with Gasteiger partial charge in [-0.05, 0) is 85.6 Å². The fourth-order valence-corrected chi connectivity index (χ4v) is 4.47. The van der Waals surface area contributed by atoms with Crippen LogP contribution in [0.25, 0.3) is 11.8 Å². The van der Waals surface area contributed by atoms with Crippen LogP contribution < -0.4 is 10.2 Å². The summed E-state index contributed by atoms with van der Waals surface area (Å²) in [5, 5.41) is 2.30. The highest BCUT2D eigenvalue weighted by molar-refractivity contribution is 7.80. The zero-order chi connectivity index (χ0) is 24.7. The van der Waals surface area contributed by atoms with Crippen LogP contribution in [0.1, 0.15) is 42.3 Å². The zero-order valence-electron chi connectivity index (χ0n) is 19.1. The summed E-state index contributed by atoms with van der Waals surface area (Å²) in [4.78, 5) is 27.1. The molecule has 1 fully saturated rings. The molecule has 8 heteroatoms. The van der Waals surface area contributed by atoms with Gasteiger partial charge in [-0.2, -0.15) is 0 Å². The summed E-state index contributed by atoms with van der Waals surface area (Å²) < 4.78 is 15.7. The van der Waals surface area contributed by atoms with Gasteiger partial charge in [-0.3, -0.25) is 19.8 Å². The number of carbonyl (C=O) groups is 2. The molecule has 4 rings (SSSR count). The van der Waals surface area contributed by atoms with Gasteiger partial charge < -0.3 is 4.57 Å². The van der Waals surface area contributed by atoms with Gasteiger partial charge in [0.1, 0.15) is 11.4 Å². The number of aryl methyl sites for hydroxylation is 1. The lowest BCUT2D eigenvalue weighted by atomic mass is 10.0. The number of halogens is 2. The first-order chi connectivity index (χ1) is 16.1. The van der Waals surface area contributed by atoms with Crippen LogP contribution in [0.4, 0.5) is 10.1 Å². The van der Waals surface area contributed by atoms with E-state index in [0.29, 0.717) is 5.92 Å². The van der Waals surface area contributed by atoms with Crippen LogP contribution in [-0.2, 0) is 9.59 Å². The average Bonchev–Trinajstić information content (AvgIpc) is 3.06. The third-order valence-corrected chi connectivity index (χ3v) is 6.43.